The topological polar surface area (TPSA) is 61.7 Å². The molecule has 2 aromatic heterocycles. The fraction of sp³-hybridized carbons (Fsp3) is 0.310. The van der Waals surface area contributed by atoms with E-state index in [-0.39, 0.29) is 0 Å². The van der Waals surface area contributed by atoms with E-state index in [4.69, 9.17) is 9.72 Å². The van der Waals surface area contributed by atoms with E-state index in [0.717, 1.165) is 20.9 Å². The lowest BCUT2D eigenvalue weighted by Gasteiger charge is -2.39. The lowest BCUT2D eigenvalue weighted by Crippen LogP contribution is -2.38. The molecule has 1 N–H and O–H groups in total. The van der Waals surface area contributed by atoms with Gasteiger partial charge < -0.3 is 19.6 Å². The van der Waals surface area contributed by atoms with E-state index in [0.29, 0.717) is 35.8 Å². The summed E-state index contributed by atoms with van der Waals surface area (Å²) >= 11 is 3.56. The van der Waals surface area contributed by atoms with Crippen molar-refractivity contribution < 1.29 is 14.2 Å². The van der Waals surface area contributed by atoms with E-state index in [2.05, 4.69) is 20.9 Å². The Balaban J connectivity index is 2.09. The van der Waals surface area contributed by atoms with Crippen molar-refractivity contribution in [2.45, 2.75) is 17.9 Å². The van der Waals surface area contributed by atoms with Gasteiger partial charge in [-0.05, 0) is 68.5 Å². The largest absolute Gasteiger partial charge is 0.481 e. The van der Waals surface area contributed by atoms with Crippen molar-refractivity contribution in [2.75, 3.05) is 46.7 Å². The summed E-state index contributed by atoms with van der Waals surface area (Å²) in [5, 5.41) is 13.6. The number of rotatable bonds is 9. The Hall–Kier alpha value is -3.07. The van der Waals surface area contributed by atoms with E-state index in [1.165, 1.54) is 12.1 Å². The van der Waals surface area contributed by atoms with Crippen LogP contribution in [-0.4, -0.2) is 61.8 Å². The number of aliphatic hydroxyl groups is 1. The van der Waals surface area contributed by atoms with Crippen molar-refractivity contribution in [1.82, 2.24) is 14.9 Å². The standard InChI is InChI=1S/C29H32BrFN4O2/c1-34(2)15-13-29(36,20-8-6-9-22(31)18-20)26(23-10-7-14-32-27(23)35(3)4)24-17-19-16-21(30)11-12-25(19)33-28(24)37-5/h6-12,14,16-18,26,36H,13,15H2,1-5H3/t26-,29-/m1/s1. The number of fused-ring (bicyclic) bond motifs is 1. The summed E-state index contributed by atoms with van der Waals surface area (Å²) in [6.45, 7) is 0.565. The highest BCUT2D eigenvalue weighted by molar-refractivity contribution is 9.10. The molecule has 0 bridgehead atoms. The minimum Gasteiger partial charge on any atom is -0.481 e. The molecule has 194 valence electrons. The molecule has 0 aliphatic carbocycles. The maximum absolute atomic E-state index is 14.6. The van der Waals surface area contributed by atoms with E-state index in [9.17, 15) is 9.50 Å². The molecule has 37 heavy (non-hydrogen) atoms. The van der Waals surface area contributed by atoms with Gasteiger partial charge >= 0.3 is 0 Å². The molecule has 8 heteroatoms. The number of pyridine rings is 2. The average molecular weight is 568 g/mol. The molecular formula is C29H32BrFN4O2. The molecule has 0 saturated heterocycles. The van der Waals surface area contributed by atoms with Gasteiger partial charge in [0.1, 0.15) is 17.2 Å². The number of hydrogen-bond donors (Lipinski definition) is 1. The highest BCUT2D eigenvalue weighted by Gasteiger charge is 2.44. The van der Waals surface area contributed by atoms with Gasteiger partial charge in [-0.3, -0.25) is 0 Å². The minimum absolute atomic E-state index is 0.329. The normalized spacial score (nSPS) is 14.0. The van der Waals surface area contributed by atoms with Gasteiger partial charge in [0.25, 0.3) is 0 Å². The SMILES string of the molecule is COc1nc2ccc(Br)cc2cc1[C@@H](c1cccnc1N(C)C)[C@@](O)(CCN(C)C)c1cccc(F)c1. The van der Waals surface area contributed by atoms with Gasteiger partial charge in [0, 0.05) is 47.8 Å². The average Bonchev–Trinajstić information content (AvgIpc) is 2.87. The molecule has 0 aliphatic rings. The minimum atomic E-state index is -1.52. The maximum atomic E-state index is 14.6. The number of anilines is 1. The molecule has 0 radical (unpaired) electrons. The zero-order valence-corrected chi connectivity index (χ0v) is 23.3. The maximum Gasteiger partial charge on any atom is 0.217 e. The molecule has 2 aromatic carbocycles. The van der Waals surface area contributed by atoms with Crippen LogP contribution in [0.5, 0.6) is 5.88 Å². The Bertz CT molecular complexity index is 1400. The number of nitrogens with zero attached hydrogens (tertiary/aromatic N) is 4. The van der Waals surface area contributed by atoms with Gasteiger partial charge in [0.2, 0.25) is 5.88 Å². The first-order valence-corrected chi connectivity index (χ1v) is 12.8. The first-order valence-electron chi connectivity index (χ1n) is 12.0. The molecule has 0 aliphatic heterocycles. The molecule has 0 fully saturated rings. The third-order valence-corrected chi connectivity index (χ3v) is 7.06. The van der Waals surface area contributed by atoms with Crippen molar-refractivity contribution in [3.05, 3.63) is 93.8 Å². The van der Waals surface area contributed by atoms with Crippen LogP contribution in [0.2, 0.25) is 0 Å². The summed E-state index contributed by atoms with van der Waals surface area (Å²) in [6.07, 6.45) is 2.06. The lowest BCUT2D eigenvalue weighted by molar-refractivity contribution is 0.00359. The van der Waals surface area contributed by atoms with Crippen LogP contribution in [0.4, 0.5) is 10.2 Å². The molecule has 0 saturated carbocycles. The lowest BCUT2D eigenvalue weighted by atomic mass is 9.71. The molecule has 0 spiro atoms. The molecule has 6 nitrogen and oxygen atoms in total. The number of halogens is 2. The van der Waals surface area contributed by atoms with Gasteiger partial charge in [0.05, 0.1) is 18.5 Å². The van der Waals surface area contributed by atoms with Crippen molar-refractivity contribution in [3.63, 3.8) is 0 Å². The number of aromatic nitrogens is 2. The van der Waals surface area contributed by atoms with Crippen molar-refractivity contribution >= 4 is 32.7 Å². The number of benzene rings is 2. The molecular weight excluding hydrogens is 535 g/mol. The summed E-state index contributed by atoms with van der Waals surface area (Å²) in [5.74, 6) is 0.00824. The summed E-state index contributed by atoms with van der Waals surface area (Å²) in [7, 11) is 9.30. The van der Waals surface area contributed by atoms with Gasteiger partial charge in [-0.2, -0.15) is 0 Å². The van der Waals surface area contributed by atoms with Gasteiger partial charge in [0.15, 0.2) is 0 Å². The predicted molar refractivity (Wildman–Crippen MR) is 150 cm³/mol. The van der Waals surface area contributed by atoms with Crippen molar-refractivity contribution in [1.29, 1.82) is 0 Å². The molecule has 4 rings (SSSR count). The van der Waals surface area contributed by atoms with Gasteiger partial charge in [-0.1, -0.05) is 34.1 Å². The molecule has 0 amide bonds. The first-order chi connectivity index (χ1) is 17.6. The highest BCUT2D eigenvalue weighted by Crippen LogP contribution is 2.49. The molecule has 2 heterocycles. The van der Waals surface area contributed by atoms with Crippen LogP contribution in [0, 0.1) is 5.82 Å². The summed E-state index contributed by atoms with van der Waals surface area (Å²) < 4.78 is 21.3. The number of hydrogen-bond acceptors (Lipinski definition) is 6. The van der Waals surface area contributed by atoms with Crippen LogP contribution in [0.1, 0.15) is 29.0 Å². The van der Waals surface area contributed by atoms with E-state index < -0.39 is 17.3 Å². The second-order valence-electron chi connectivity index (χ2n) is 9.66. The summed E-state index contributed by atoms with van der Waals surface area (Å²) in [4.78, 5) is 13.4. The summed E-state index contributed by atoms with van der Waals surface area (Å²) in [5.41, 5.74) is 1.20. The molecule has 4 aromatic rings. The first kappa shape index (κ1) is 27.0. The Kier molecular flexibility index (Phi) is 8.11. The summed E-state index contributed by atoms with van der Waals surface area (Å²) in [6, 6.07) is 17.8. The van der Waals surface area contributed by atoms with E-state index >= 15 is 0 Å². The van der Waals surface area contributed by atoms with Crippen LogP contribution in [0.25, 0.3) is 10.9 Å². The molecule has 0 unspecified atom stereocenters. The zero-order valence-electron chi connectivity index (χ0n) is 21.7. The Morgan fingerprint density at radius 2 is 1.81 bits per heavy atom. The van der Waals surface area contributed by atoms with Crippen LogP contribution >= 0.6 is 15.9 Å². The van der Waals surface area contributed by atoms with Crippen LogP contribution < -0.4 is 9.64 Å². The third kappa shape index (κ3) is 5.61. The van der Waals surface area contributed by atoms with Gasteiger partial charge in [-0.15, -0.1) is 0 Å². The highest BCUT2D eigenvalue weighted by atomic mass is 79.9. The van der Waals surface area contributed by atoms with Crippen molar-refractivity contribution in [3.8, 4) is 5.88 Å². The van der Waals surface area contributed by atoms with Crippen molar-refractivity contribution in [2.24, 2.45) is 0 Å². The second kappa shape index (κ2) is 11.1. The van der Waals surface area contributed by atoms with Crippen LogP contribution in [0.3, 0.4) is 0 Å². The second-order valence-corrected chi connectivity index (χ2v) is 10.6. The smallest absolute Gasteiger partial charge is 0.217 e. The fourth-order valence-electron chi connectivity index (χ4n) is 4.81. The van der Waals surface area contributed by atoms with Gasteiger partial charge in [-0.25, -0.2) is 14.4 Å². The van der Waals surface area contributed by atoms with Crippen LogP contribution in [-0.2, 0) is 5.60 Å². The van der Waals surface area contributed by atoms with Crippen LogP contribution in [0.15, 0.2) is 71.3 Å². The monoisotopic (exact) mass is 566 g/mol. The fourth-order valence-corrected chi connectivity index (χ4v) is 5.19. The predicted octanol–water partition coefficient (Wildman–Crippen LogP) is 5.58. The zero-order chi connectivity index (χ0) is 26.7. The molecule has 2 atom stereocenters. The van der Waals surface area contributed by atoms with E-state index in [1.807, 2.05) is 74.4 Å². The van der Waals surface area contributed by atoms with E-state index in [1.54, 1.807) is 25.4 Å². The quantitative estimate of drug-likeness (QED) is 0.285. The Morgan fingerprint density at radius 3 is 2.49 bits per heavy atom. The Labute approximate surface area is 225 Å². The number of ether oxygens (including phenoxy) is 1. The third-order valence-electron chi connectivity index (χ3n) is 6.57. The number of methoxy groups -OCH3 is 1. The Morgan fingerprint density at radius 1 is 1.03 bits per heavy atom.